The van der Waals surface area contributed by atoms with E-state index in [9.17, 15) is 14.4 Å². The van der Waals surface area contributed by atoms with E-state index < -0.39 is 12.1 Å². The highest BCUT2D eigenvalue weighted by Gasteiger charge is 2.48. The van der Waals surface area contributed by atoms with Gasteiger partial charge in [-0.3, -0.25) is 14.4 Å². The van der Waals surface area contributed by atoms with Crippen molar-refractivity contribution in [2.24, 2.45) is 5.92 Å². The molecule has 1 saturated carbocycles. The molecule has 3 unspecified atom stereocenters. The Kier molecular flexibility index (Phi) is 4.50. The summed E-state index contributed by atoms with van der Waals surface area (Å²) in [6.07, 6.45) is 5.24. The number of hydrogen-bond acceptors (Lipinski definition) is 4. The van der Waals surface area contributed by atoms with E-state index in [0.717, 1.165) is 30.6 Å². The zero-order chi connectivity index (χ0) is 17.4. The molecular formula is C18H23N3O3S. The molecule has 7 heteroatoms. The first-order valence-corrected chi connectivity index (χ1v) is 9.95. The highest BCUT2D eigenvalue weighted by atomic mass is 32.1. The average Bonchev–Trinajstić information content (AvgIpc) is 3.33. The lowest BCUT2D eigenvalue weighted by molar-refractivity contribution is -0.147. The molecule has 25 heavy (non-hydrogen) atoms. The first kappa shape index (κ1) is 16.6. The summed E-state index contributed by atoms with van der Waals surface area (Å²) < 4.78 is 0. The van der Waals surface area contributed by atoms with Gasteiger partial charge in [0.05, 0.1) is 6.04 Å². The molecule has 0 aromatic carbocycles. The van der Waals surface area contributed by atoms with Gasteiger partial charge in [-0.2, -0.15) is 0 Å². The van der Waals surface area contributed by atoms with Crippen molar-refractivity contribution in [2.45, 2.75) is 56.7 Å². The Hall–Kier alpha value is -1.89. The van der Waals surface area contributed by atoms with Gasteiger partial charge in [-0.15, -0.1) is 11.3 Å². The third-order valence-corrected chi connectivity index (χ3v) is 6.50. The van der Waals surface area contributed by atoms with E-state index in [0.29, 0.717) is 19.4 Å². The van der Waals surface area contributed by atoms with Crippen LogP contribution in [0, 0.1) is 5.92 Å². The third-order valence-electron chi connectivity index (χ3n) is 5.60. The molecule has 3 aliphatic rings. The minimum Gasteiger partial charge on any atom is -0.350 e. The number of amides is 3. The van der Waals surface area contributed by atoms with Crippen LogP contribution in [0.2, 0.25) is 0 Å². The molecule has 3 fully saturated rings. The summed E-state index contributed by atoms with van der Waals surface area (Å²) in [5, 5.41) is 7.88. The summed E-state index contributed by atoms with van der Waals surface area (Å²) in [7, 11) is 0. The topological polar surface area (TPSA) is 78.5 Å². The summed E-state index contributed by atoms with van der Waals surface area (Å²) in [6, 6.07) is 2.61. The number of carbonyl (C=O) groups excluding carboxylic acids is 3. The minimum absolute atomic E-state index is 0.0318. The van der Waals surface area contributed by atoms with Crippen LogP contribution in [0.4, 0.5) is 0 Å². The van der Waals surface area contributed by atoms with Gasteiger partial charge >= 0.3 is 0 Å². The van der Waals surface area contributed by atoms with Crippen molar-refractivity contribution in [3.8, 4) is 0 Å². The predicted molar refractivity (Wildman–Crippen MR) is 94.0 cm³/mol. The molecule has 134 valence electrons. The summed E-state index contributed by atoms with van der Waals surface area (Å²) in [5.74, 6) is -0.0562. The Labute approximate surface area is 151 Å². The van der Waals surface area contributed by atoms with Crippen molar-refractivity contribution in [1.82, 2.24) is 15.5 Å². The summed E-state index contributed by atoms with van der Waals surface area (Å²) in [5.41, 5.74) is 0. The second-order valence-electron chi connectivity index (χ2n) is 7.21. The second kappa shape index (κ2) is 6.78. The standard InChI is InChI=1S/C18H23N3O3S/c22-16(11-4-1-2-5-11)19-13-7-8-21-15(13)17(23)20-14(18(21)24)10-12-6-3-9-25-12/h3,6,9,11,13-15H,1-2,4-5,7-8,10H2,(H,19,22)(H,20,23). The van der Waals surface area contributed by atoms with Crippen molar-refractivity contribution >= 4 is 29.1 Å². The van der Waals surface area contributed by atoms with Gasteiger partial charge in [0, 0.05) is 23.8 Å². The number of piperazine rings is 1. The minimum atomic E-state index is -0.558. The monoisotopic (exact) mass is 361 g/mol. The number of thiophene rings is 1. The number of fused-ring (bicyclic) bond motifs is 1. The van der Waals surface area contributed by atoms with Gasteiger partial charge in [-0.1, -0.05) is 18.9 Å². The quantitative estimate of drug-likeness (QED) is 0.842. The van der Waals surface area contributed by atoms with Crippen LogP contribution in [0.15, 0.2) is 17.5 Å². The van der Waals surface area contributed by atoms with E-state index >= 15 is 0 Å². The third kappa shape index (κ3) is 3.17. The molecule has 3 heterocycles. The van der Waals surface area contributed by atoms with Gasteiger partial charge in [0.1, 0.15) is 12.1 Å². The van der Waals surface area contributed by atoms with E-state index in [1.807, 2.05) is 17.5 Å². The van der Waals surface area contributed by atoms with Crippen molar-refractivity contribution in [3.63, 3.8) is 0 Å². The highest BCUT2D eigenvalue weighted by Crippen LogP contribution is 2.28. The number of rotatable bonds is 4. The highest BCUT2D eigenvalue weighted by molar-refractivity contribution is 7.09. The van der Waals surface area contributed by atoms with Crippen molar-refractivity contribution < 1.29 is 14.4 Å². The largest absolute Gasteiger partial charge is 0.350 e. The maximum atomic E-state index is 12.8. The van der Waals surface area contributed by atoms with Crippen LogP contribution in [-0.4, -0.2) is 47.3 Å². The van der Waals surface area contributed by atoms with E-state index in [4.69, 9.17) is 0 Å². The van der Waals surface area contributed by atoms with Gasteiger partial charge in [-0.05, 0) is 30.7 Å². The van der Waals surface area contributed by atoms with Gasteiger partial charge in [0.25, 0.3) is 0 Å². The molecule has 1 aromatic rings. The molecule has 6 nitrogen and oxygen atoms in total. The molecule has 1 aromatic heterocycles. The molecule has 0 bridgehead atoms. The van der Waals surface area contributed by atoms with Crippen molar-refractivity contribution in [2.75, 3.05) is 6.54 Å². The lowest BCUT2D eigenvalue weighted by atomic mass is 10.0. The molecule has 0 spiro atoms. The number of carbonyl (C=O) groups is 3. The number of nitrogens with one attached hydrogen (secondary N) is 2. The van der Waals surface area contributed by atoms with E-state index in [2.05, 4.69) is 10.6 Å². The predicted octanol–water partition coefficient (Wildman–Crippen LogP) is 1.06. The Morgan fingerprint density at radius 3 is 2.80 bits per heavy atom. The van der Waals surface area contributed by atoms with Crippen LogP contribution in [0.5, 0.6) is 0 Å². The van der Waals surface area contributed by atoms with Gasteiger partial charge in [0.2, 0.25) is 17.7 Å². The van der Waals surface area contributed by atoms with Crippen LogP contribution in [-0.2, 0) is 20.8 Å². The van der Waals surface area contributed by atoms with Crippen molar-refractivity contribution in [3.05, 3.63) is 22.4 Å². The number of nitrogens with zero attached hydrogens (tertiary/aromatic N) is 1. The van der Waals surface area contributed by atoms with E-state index in [1.54, 1.807) is 16.2 Å². The molecule has 1 aliphatic carbocycles. The molecule has 3 atom stereocenters. The van der Waals surface area contributed by atoms with Crippen LogP contribution < -0.4 is 10.6 Å². The molecule has 2 saturated heterocycles. The maximum Gasteiger partial charge on any atom is 0.246 e. The molecular weight excluding hydrogens is 338 g/mol. The van der Waals surface area contributed by atoms with Crippen LogP contribution in [0.1, 0.15) is 37.0 Å². The molecule has 4 rings (SSSR count). The Morgan fingerprint density at radius 2 is 2.08 bits per heavy atom. The fraction of sp³-hybridized carbons (Fsp3) is 0.611. The van der Waals surface area contributed by atoms with Gasteiger partial charge in [0.15, 0.2) is 0 Å². The fourth-order valence-corrected chi connectivity index (χ4v) is 5.04. The van der Waals surface area contributed by atoms with Gasteiger partial charge < -0.3 is 15.5 Å². The van der Waals surface area contributed by atoms with E-state index in [1.165, 1.54) is 0 Å². The fourth-order valence-electron chi connectivity index (χ4n) is 4.29. The lowest BCUT2D eigenvalue weighted by Crippen LogP contribution is -2.65. The molecule has 2 N–H and O–H groups in total. The summed E-state index contributed by atoms with van der Waals surface area (Å²) in [4.78, 5) is 40.5. The smallest absolute Gasteiger partial charge is 0.246 e. The van der Waals surface area contributed by atoms with E-state index in [-0.39, 0.29) is 29.7 Å². The molecule has 3 amide bonds. The zero-order valence-corrected chi connectivity index (χ0v) is 14.9. The first-order chi connectivity index (χ1) is 12.1. The van der Waals surface area contributed by atoms with Crippen LogP contribution >= 0.6 is 11.3 Å². The Bertz CT molecular complexity index is 669. The number of hydrogen-bond donors (Lipinski definition) is 2. The Morgan fingerprint density at radius 1 is 1.28 bits per heavy atom. The maximum absolute atomic E-state index is 12.8. The lowest BCUT2D eigenvalue weighted by Gasteiger charge is -2.36. The zero-order valence-electron chi connectivity index (χ0n) is 14.1. The molecule has 0 radical (unpaired) electrons. The average molecular weight is 361 g/mol. The first-order valence-electron chi connectivity index (χ1n) is 9.07. The van der Waals surface area contributed by atoms with Crippen LogP contribution in [0.25, 0.3) is 0 Å². The summed E-state index contributed by atoms with van der Waals surface area (Å²) in [6.45, 7) is 0.535. The molecule has 2 aliphatic heterocycles. The van der Waals surface area contributed by atoms with Gasteiger partial charge in [-0.25, -0.2) is 0 Å². The normalized spacial score (nSPS) is 29.6. The summed E-state index contributed by atoms with van der Waals surface area (Å²) >= 11 is 1.59. The van der Waals surface area contributed by atoms with Crippen molar-refractivity contribution in [1.29, 1.82) is 0 Å². The SMILES string of the molecule is O=C(NC1CCN2C(=O)C(Cc3cccs3)NC(=O)C12)C1CCCC1. The van der Waals surface area contributed by atoms with Crippen LogP contribution in [0.3, 0.4) is 0 Å². The Balaban J connectivity index is 1.42. The second-order valence-corrected chi connectivity index (χ2v) is 8.24.